The topological polar surface area (TPSA) is 20.3 Å². The quantitative estimate of drug-likeness (QED) is 0.335. The van der Waals surface area contributed by atoms with Crippen LogP contribution >= 0.6 is 0 Å². The molecule has 0 saturated heterocycles. The van der Waals surface area contributed by atoms with Crippen LogP contribution in [0.3, 0.4) is 0 Å². The summed E-state index contributed by atoms with van der Waals surface area (Å²) in [4.78, 5) is 15.0. The second-order valence-electron chi connectivity index (χ2n) is 12.8. The summed E-state index contributed by atoms with van der Waals surface area (Å²) in [7, 11) is 2.05. The van der Waals surface area contributed by atoms with Crippen molar-refractivity contribution in [3.8, 4) is 0 Å². The zero-order valence-electron chi connectivity index (χ0n) is 23.5. The fourth-order valence-electron chi connectivity index (χ4n) is 8.61. The molecule has 0 radical (unpaired) electrons. The number of benzene rings is 2. The Balaban J connectivity index is 1.29. The summed E-state index contributed by atoms with van der Waals surface area (Å²) >= 11 is 0. The molecule has 4 aliphatic rings. The molecule has 2 aromatic carbocycles. The number of rotatable bonds is 5. The fourth-order valence-corrected chi connectivity index (χ4v) is 8.61. The Labute approximate surface area is 238 Å². The van der Waals surface area contributed by atoms with Crippen LogP contribution in [-0.2, 0) is 11.3 Å². The van der Waals surface area contributed by atoms with Crippen LogP contribution in [0, 0.1) is 23.2 Å². The van der Waals surface area contributed by atoms with Crippen molar-refractivity contribution < 1.29 is 26.7 Å². The number of alkyl halides is 5. The summed E-state index contributed by atoms with van der Waals surface area (Å²) in [6, 6.07) is 18.5. The van der Waals surface area contributed by atoms with Crippen molar-refractivity contribution in [2.24, 2.45) is 23.2 Å². The molecule has 2 aromatic rings. The van der Waals surface area contributed by atoms with Gasteiger partial charge in [-0.3, -0.25) is 4.79 Å². The van der Waals surface area contributed by atoms with Crippen LogP contribution in [0.1, 0.15) is 68.9 Å². The van der Waals surface area contributed by atoms with Crippen LogP contribution in [0.25, 0.3) is 0 Å². The highest BCUT2D eigenvalue weighted by Crippen LogP contribution is 2.67. The molecule has 6 rings (SSSR count). The molecule has 4 aliphatic carbocycles. The lowest BCUT2D eigenvalue weighted by Gasteiger charge is -2.51. The number of allylic oxidation sites excluding steroid dienone is 4. The zero-order chi connectivity index (χ0) is 29.2. The van der Waals surface area contributed by atoms with Gasteiger partial charge in [0.15, 0.2) is 5.78 Å². The molecule has 0 bridgehead atoms. The van der Waals surface area contributed by atoms with Gasteiger partial charge in [0.25, 0.3) is 0 Å². The van der Waals surface area contributed by atoms with E-state index in [0.29, 0.717) is 38.5 Å². The fraction of sp³-hybridized carbons (Fsp3) is 0.500. The first-order chi connectivity index (χ1) is 19.4. The van der Waals surface area contributed by atoms with Gasteiger partial charge in [0.2, 0.25) is 0 Å². The highest BCUT2D eigenvalue weighted by Gasteiger charge is 2.70. The first kappa shape index (κ1) is 28.2. The van der Waals surface area contributed by atoms with Crippen LogP contribution in [0.15, 0.2) is 77.4 Å². The highest BCUT2D eigenvalue weighted by molar-refractivity contribution is 5.94. The maximum absolute atomic E-state index is 14.7. The van der Waals surface area contributed by atoms with Crippen molar-refractivity contribution in [2.75, 3.05) is 11.9 Å². The second-order valence-corrected chi connectivity index (χ2v) is 12.8. The predicted molar refractivity (Wildman–Crippen MR) is 150 cm³/mol. The molecule has 2 saturated carbocycles. The van der Waals surface area contributed by atoms with Gasteiger partial charge >= 0.3 is 12.1 Å². The average Bonchev–Trinajstić information content (AvgIpc) is 3.30. The van der Waals surface area contributed by atoms with Crippen molar-refractivity contribution >= 4 is 11.5 Å². The van der Waals surface area contributed by atoms with E-state index in [2.05, 4.69) is 41.3 Å². The van der Waals surface area contributed by atoms with Crippen molar-refractivity contribution in [2.45, 2.75) is 76.4 Å². The summed E-state index contributed by atoms with van der Waals surface area (Å²) in [5, 5.41) is 0. The van der Waals surface area contributed by atoms with Gasteiger partial charge in [0.05, 0.1) is 0 Å². The lowest BCUT2D eigenvalue weighted by Crippen LogP contribution is -2.51. The van der Waals surface area contributed by atoms with Crippen LogP contribution in [0.5, 0.6) is 0 Å². The van der Waals surface area contributed by atoms with Crippen molar-refractivity contribution in [3.63, 3.8) is 0 Å². The van der Waals surface area contributed by atoms with E-state index in [1.54, 1.807) is 13.0 Å². The monoisotopic (exact) mass is 569 g/mol. The number of nitrogens with zero attached hydrogens (tertiary/aromatic N) is 1. The molecular formula is C34H36F5NO. The second kappa shape index (κ2) is 10.1. The number of ketones is 1. The first-order valence-corrected chi connectivity index (χ1v) is 14.7. The minimum absolute atomic E-state index is 0.00979. The average molecular weight is 570 g/mol. The van der Waals surface area contributed by atoms with Crippen molar-refractivity contribution in [3.05, 3.63) is 88.5 Å². The molecule has 218 valence electrons. The van der Waals surface area contributed by atoms with E-state index in [4.69, 9.17) is 0 Å². The lowest BCUT2D eigenvalue weighted by atomic mass is 9.54. The highest BCUT2D eigenvalue weighted by atomic mass is 19.4. The molecule has 2 fully saturated rings. The first-order valence-electron chi connectivity index (χ1n) is 14.7. The van der Waals surface area contributed by atoms with Crippen molar-refractivity contribution in [1.29, 1.82) is 0 Å². The molecule has 2 unspecified atom stereocenters. The van der Waals surface area contributed by atoms with E-state index < -0.39 is 23.4 Å². The largest absolute Gasteiger partial charge is 0.453 e. The van der Waals surface area contributed by atoms with Gasteiger partial charge in [-0.2, -0.15) is 22.0 Å². The predicted octanol–water partition coefficient (Wildman–Crippen LogP) is 9.04. The summed E-state index contributed by atoms with van der Waals surface area (Å²) in [5.74, 6) is -6.60. The standard InChI is InChI=1S/C34H36F5NO/c1-32-17-16-27-26(29(32)14-15-30(32)33(35,36)34(37,38)39)13-12-23-18-25(41)19-28(31(23)27)22-10-8-21(9-11-22)20-40(2)24-6-4-3-5-7-24/h3-11,18,26,28-30H,12-17,19-20H2,1-2H3/t26-,28?,29+,30?,32+/m1/s1. The normalized spacial score (nSPS) is 29.9. The van der Waals surface area contributed by atoms with E-state index in [1.807, 2.05) is 25.2 Å². The Morgan fingerprint density at radius 2 is 1.63 bits per heavy atom. The third-order valence-corrected chi connectivity index (χ3v) is 10.6. The SMILES string of the molecule is CN(Cc1ccc(C2CC(=O)C=C3CC[C@@H]4C(=C32)CC[C@]2(C)C(C(F)(F)C(F)(F)F)CC[C@@H]42)cc1)c1ccccc1. The van der Waals surface area contributed by atoms with E-state index in [-0.39, 0.29) is 30.0 Å². The molecular weight excluding hydrogens is 533 g/mol. The number of fused-ring (bicyclic) bond motifs is 4. The minimum Gasteiger partial charge on any atom is -0.370 e. The summed E-state index contributed by atoms with van der Waals surface area (Å²) in [6.45, 7) is 2.41. The third-order valence-electron chi connectivity index (χ3n) is 10.6. The number of anilines is 1. The number of carbonyl (C=O) groups excluding carboxylic acids is 1. The van der Waals surface area contributed by atoms with Gasteiger partial charge in [0, 0.05) is 37.5 Å². The lowest BCUT2D eigenvalue weighted by molar-refractivity contribution is -0.314. The number of hydrogen-bond donors (Lipinski definition) is 0. The molecule has 0 heterocycles. The Morgan fingerprint density at radius 1 is 0.927 bits per heavy atom. The molecule has 0 spiro atoms. The van der Waals surface area contributed by atoms with Crippen LogP contribution in [0.2, 0.25) is 0 Å². The van der Waals surface area contributed by atoms with Gasteiger partial charge < -0.3 is 4.90 Å². The van der Waals surface area contributed by atoms with Gasteiger partial charge in [-0.05, 0) is 96.3 Å². The molecule has 0 N–H and O–H groups in total. The molecule has 0 amide bonds. The summed E-state index contributed by atoms with van der Waals surface area (Å²) < 4.78 is 69.7. The smallest absolute Gasteiger partial charge is 0.370 e. The van der Waals surface area contributed by atoms with Crippen LogP contribution < -0.4 is 4.90 Å². The Kier molecular flexibility index (Phi) is 6.94. The Bertz CT molecular complexity index is 1380. The zero-order valence-corrected chi connectivity index (χ0v) is 23.5. The Morgan fingerprint density at radius 3 is 2.32 bits per heavy atom. The molecule has 0 aromatic heterocycles. The molecule has 2 nitrogen and oxygen atoms in total. The van der Waals surface area contributed by atoms with Crippen LogP contribution in [0.4, 0.5) is 27.6 Å². The maximum Gasteiger partial charge on any atom is 0.453 e. The van der Waals surface area contributed by atoms with Crippen molar-refractivity contribution in [1.82, 2.24) is 0 Å². The van der Waals surface area contributed by atoms with E-state index >= 15 is 0 Å². The maximum atomic E-state index is 14.7. The number of carbonyl (C=O) groups is 1. The molecule has 5 atom stereocenters. The molecule has 7 heteroatoms. The number of halogens is 5. The van der Waals surface area contributed by atoms with Gasteiger partial charge in [0.1, 0.15) is 0 Å². The van der Waals surface area contributed by atoms with E-state index in [0.717, 1.165) is 34.5 Å². The molecule has 0 aliphatic heterocycles. The summed E-state index contributed by atoms with van der Waals surface area (Å²) in [5.41, 5.74) is 5.66. The molecule has 41 heavy (non-hydrogen) atoms. The van der Waals surface area contributed by atoms with E-state index in [9.17, 15) is 26.7 Å². The van der Waals surface area contributed by atoms with Crippen LogP contribution in [-0.4, -0.2) is 24.9 Å². The van der Waals surface area contributed by atoms with Gasteiger partial charge in [-0.15, -0.1) is 0 Å². The Hall–Kier alpha value is -2.96. The summed E-state index contributed by atoms with van der Waals surface area (Å²) in [6.07, 6.45) is -0.930. The van der Waals surface area contributed by atoms with E-state index in [1.165, 1.54) is 5.57 Å². The van der Waals surface area contributed by atoms with Gasteiger partial charge in [-0.1, -0.05) is 55.0 Å². The number of hydrogen-bond acceptors (Lipinski definition) is 2. The number of para-hydroxylation sites is 1. The third kappa shape index (κ3) is 4.73. The van der Waals surface area contributed by atoms with Gasteiger partial charge in [-0.25, -0.2) is 0 Å². The minimum atomic E-state index is -5.53.